The lowest BCUT2D eigenvalue weighted by Crippen LogP contribution is -2.16. The predicted octanol–water partition coefficient (Wildman–Crippen LogP) is 2.90. The van der Waals surface area contributed by atoms with Crippen LogP contribution >= 0.6 is 34.5 Å². The first-order valence-corrected chi connectivity index (χ1v) is 6.95. The molecule has 2 rings (SSSR count). The number of thiazole rings is 1. The molecule has 0 atom stereocenters. The van der Waals surface area contributed by atoms with Gasteiger partial charge in [-0.25, -0.2) is 0 Å². The second-order valence-electron chi connectivity index (χ2n) is 3.67. The molecule has 7 heteroatoms. The number of carbonyl (C=O) groups excluding carboxylic acids is 1. The molecule has 0 unspecified atom stereocenters. The molecule has 0 fully saturated rings. The molecule has 1 amide bonds. The largest absolute Gasteiger partial charge is 0.482 e. The van der Waals surface area contributed by atoms with E-state index < -0.39 is 0 Å². The lowest BCUT2D eigenvalue weighted by molar-refractivity contribution is -0.120. The van der Waals surface area contributed by atoms with Crippen molar-refractivity contribution in [2.45, 2.75) is 0 Å². The highest BCUT2D eigenvalue weighted by atomic mass is 35.5. The molecular weight excluding hydrogens is 307 g/mol. The molecule has 0 bridgehead atoms. The normalized spacial score (nSPS) is 11.6. The minimum absolute atomic E-state index is 0.167. The maximum absolute atomic E-state index is 11.6. The van der Waals surface area contributed by atoms with Gasteiger partial charge >= 0.3 is 0 Å². The number of aromatic nitrogens is 1. The molecule has 1 aromatic heterocycles. The van der Waals surface area contributed by atoms with Gasteiger partial charge in [0.1, 0.15) is 5.75 Å². The fraction of sp³-hybridized carbons (Fsp3) is 0.167. The number of amides is 1. The standard InChI is InChI=1S/C12H10Cl2N2O2S/c1-16-4-5-19-12(16)15-11(17)7-18-10-3-2-8(13)6-9(10)14/h2-6H,7H2,1H3. The number of halogens is 2. The number of benzene rings is 1. The number of rotatable bonds is 3. The molecule has 0 aliphatic heterocycles. The summed E-state index contributed by atoms with van der Waals surface area (Å²) in [5.74, 6) is 0.0363. The monoisotopic (exact) mass is 316 g/mol. The maximum atomic E-state index is 11.6. The molecular formula is C12H10Cl2N2O2S. The molecule has 19 heavy (non-hydrogen) atoms. The summed E-state index contributed by atoms with van der Waals surface area (Å²) in [6, 6.07) is 4.81. The van der Waals surface area contributed by atoms with Crippen LogP contribution < -0.4 is 9.54 Å². The van der Waals surface area contributed by atoms with Crippen molar-refractivity contribution in [1.29, 1.82) is 0 Å². The first-order valence-electron chi connectivity index (χ1n) is 5.32. The number of nitrogens with zero attached hydrogens (tertiary/aromatic N) is 2. The van der Waals surface area contributed by atoms with E-state index in [4.69, 9.17) is 27.9 Å². The molecule has 0 radical (unpaired) electrons. The van der Waals surface area contributed by atoms with E-state index in [0.29, 0.717) is 20.6 Å². The van der Waals surface area contributed by atoms with E-state index in [1.54, 1.807) is 22.8 Å². The summed E-state index contributed by atoms with van der Waals surface area (Å²) < 4.78 is 7.07. The van der Waals surface area contributed by atoms with Gasteiger partial charge < -0.3 is 9.30 Å². The smallest absolute Gasteiger partial charge is 0.286 e. The van der Waals surface area contributed by atoms with Crippen LogP contribution in [0.25, 0.3) is 0 Å². The average Bonchev–Trinajstić information content (AvgIpc) is 2.74. The first kappa shape index (κ1) is 14.1. The van der Waals surface area contributed by atoms with E-state index in [2.05, 4.69) is 4.99 Å². The van der Waals surface area contributed by atoms with Crippen molar-refractivity contribution in [3.8, 4) is 5.75 Å². The lowest BCUT2D eigenvalue weighted by Gasteiger charge is -2.05. The highest BCUT2D eigenvalue weighted by molar-refractivity contribution is 7.07. The van der Waals surface area contributed by atoms with E-state index in [0.717, 1.165) is 0 Å². The fourth-order valence-electron chi connectivity index (χ4n) is 1.31. The maximum Gasteiger partial charge on any atom is 0.286 e. The molecule has 0 spiro atoms. The van der Waals surface area contributed by atoms with Gasteiger partial charge in [-0.3, -0.25) is 4.79 Å². The van der Waals surface area contributed by atoms with Crippen LogP contribution in [0.4, 0.5) is 0 Å². The third-order valence-electron chi connectivity index (χ3n) is 2.23. The fourth-order valence-corrected chi connectivity index (χ4v) is 2.52. The van der Waals surface area contributed by atoms with Gasteiger partial charge in [0.15, 0.2) is 11.4 Å². The van der Waals surface area contributed by atoms with Crippen molar-refractivity contribution in [2.24, 2.45) is 12.0 Å². The second kappa shape index (κ2) is 6.23. The predicted molar refractivity (Wildman–Crippen MR) is 75.8 cm³/mol. The van der Waals surface area contributed by atoms with Crippen molar-refractivity contribution in [3.05, 3.63) is 44.6 Å². The quantitative estimate of drug-likeness (QED) is 0.874. The Morgan fingerprint density at radius 3 is 2.89 bits per heavy atom. The van der Waals surface area contributed by atoms with E-state index >= 15 is 0 Å². The molecule has 100 valence electrons. The summed E-state index contributed by atoms with van der Waals surface area (Å²) in [5, 5.41) is 2.73. The molecule has 0 saturated heterocycles. The van der Waals surface area contributed by atoms with Crippen molar-refractivity contribution < 1.29 is 9.53 Å². The van der Waals surface area contributed by atoms with E-state index in [-0.39, 0.29) is 12.5 Å². The van der Waals surface area contributed by atoms with Crippen LogP contribution in [0, 0.1) is 0 Å². The van der Waals surface area contributed by atoms with E-state index in [9.17, 15) is 4.79 Å². The van der Waals surface area contributed by atoms with Crippen molar-refractivity contribution in [3.63, 3.8) is 0 Å². The Morgan fingerprint density at radius 1 is 1.47 bits per heavy atom. The summed E-state index contributed by atoms with van der Waals surface area (Å²) in [7, 11) is 1.82. The Bertz CT molecular complexity index is 664. The molecule has 2 aromatic rings. The number of ether oxygens (including phenoxy) is 1. The topological polar surface area (TPSA) is 43.6 Å². The minimum Gasteiger partial charge on any atom is -0.482 e. The van der Waals surface area contributed by atoms with Crippen molar-refractivity contribution in [1.82, 2.24) is 4.57 Å². The van der Waals surface area contributed by atoms with Gasteiger partial charge in [0.25, 0.3) is 5.91 Å². The molecule has 4 nitrogen and oxygen atoms in total. The van der Waals surface area contributed by atoms with Gasteiger partial charge in [-0.05, 0) is 18.2 Å². The van der Waals surface area contributed by atoms with Crippen molar-refractivity contribution in [2.75, 3.05) is 6.61 Å². The van der Waals surface area contributed by atoms with Gasteiger partial charge in [-0.2, -0.15) is 4.99 Å². The molecule has 0 saturated carbocycles. The number of carbonyl (C=O) groups is 1. The zero-order valence-electron chi connectivity index (χ0n) is 9.97. The van der Waals surface area contributed by atoms with Gasteiger partial charge in [0.2, 0.25) is 0 Å². The Labute approximate surface area is 123 Å². The minimum atomic E-state index is -0.371. The summed E-state index contributed by atoms with van der Waals surface area (Å²) in [6.45, 7) is -0.167. The van der Waals surface area contributed by atoms with Crippen LogP contribution in [-0.2, 0) is 11.8 Å². The third kappa shape index (κ3) is 3.83. The van der Waals surface area contributed by atoms with Crippen LogP contribution in [-0.4, -0.2) is 17.1 Å². The van der Waals surface area contributed by atoms with Crippen molar-refractivity contribution >= 4 is 40.4 Å². The van der Waals surface area contributed by atoms with Crippen LogP contribution in [0.5, 0.6) is 5.75 Å². The van der Waals surface area contributed by atoms with Crippen LogP contribution in [0.1, 0.15) is 0 Å². The van der Waals surface area contributed by atoms with Gasteiger partial charge in [-0.15, -0.1) is 11.3 Å². The van der Waals surface area contributed by atoms with Gasteiger partial charge in [-0.1, -0.05) is 23.2 Å². The zero-order valence-corrected chi connectivity index (χ0v) is 12.3. The lowest BCUT2D eigenvalue weighted by atomic mass is 10.3. The second-order valence-corrected chi connectivity index (χ2v) is 5.38. The Hall–Kier alpha value is -1.30. The third-order valence-corrected chi connectivity index (χ3v) is 3.60. The number of aryl methyl sites for hydroxylation is 1. The van der Waals surface area contributed by atoms with Crippen LogP contribution in [0.3, 0.4) is 0 Å². The average molecular weight is 317 g/mol. The number of hydrogen-bond acceptors (Lipinski definition) is 3. The SMILES string of the molecule is Cn1ccsc1=NC(=O)COc1ccc(Cl)cc1Cl. The molecule has 0 N–H and O–H groups in total. The van der Waals surface area contributed by atoms with E-state index in [1.165, 1.54) is 11.3 Å². The molecule has 1 aromatic carbocycles. The van der Waals surface area contributed by atoms with Crippen LogP contribution in [0.2, 0.25) is 10.0 Å². The Morgan fingerprint density at radius 2 is 2.26 bits per heavy atom. The Balaban J connectivity index is 2.03. The summed E-state index contributed by atoms with van der Waals surface area (Å²) in [6.07, 6.45) is 1.83. The molecule has 1 heterocycles. The highest BCUT2D eigenvalue weighted by Gasteiger charge is 2.06. The summed E-state index contributed by atoms with van der Waals surface area (Å²) in [5.41, 5.74) is 0. The molecule has 0 aliphatic rings. The van der Waals surface area contributed by atoms with Gasteiger partial charge in [0, 0.05) is 23.6 Å². The Kier molecular flexibility index (Phi) is 4.63. The number of hydrogen-bond donors (Lipinski definition) is 0. The molecule has 0 aliphatic carbocycles. The van der Waals surface area contributed by atoms with Gasteiger partial charge in [0.05, 0.1) is 5.02 Å². The summed E-state index contributed by atoms with van der Waals surface area (Å²) >= 11 is 13.1. The van der Waals surface area contributed by atoms with Crippen LogP contribution in [0.15, 0.2) is 34.8 Å². The highest BCUT2D eigenvalue weighted by Crippen LogP contribution is 2.27. The zero-order chi connectivity index (χ0) is 13.8. The summed E-state index contributed by atoms with van der Waals surface area (Å²) in [4.78, 5) is 16.2. The first-order chi connectivity index (χ1) is 9.06. The van der Waals surface area contributed by atoms with E-state index in [1.807, 2.05) is 18.6 Å².